The van der Waals surface area contributed by atoms with Gasteiger partial charge < -0.3 is 15.4 Å². The fourth-order valence-electron chi connectivity index (χ4n) is 2.18. The summed E-state index contributed by atoms with van der Waals surface area (Å²) in [7, 11) is 1.61. The number of thiazole rings is 1. The van der Waals surface area contributed by atoms with E-state index in [-0.39, 0.29) is 18.1 Å². The van der Waals surface area contributed by atoms with Crippen LogP contribution >= 0.6 is 11.3 Å². The van der Waals surface area contributed by atoms with Gasteiger partial charge in [0.15, 0.2) is 0 Å². The third-order valence-corrected chi connectivity index (χ3v) is 4.66. The highest BCUT2D eigenvalue weighted by Gasteiger charge is 2.22. The molecule has 0 atom stereocenters. The molecule has 1 saturated carbocycles. The molecular formula is C17H20FN3O2S. The van der Waals surface area contributed by atoms with Gasteiger partial charge in [-0.05, 0) is 30.9 Å². The molecule has 0 bridgehead atoms. The molecule has 1 aromatic heterocycles. The van der Waals surface area contributed by atoms with Crippen LogP contribution in [0.2, 0.25) is 0 Å². The second-order valence-corrected chi connectivity index (χ2v) is 6.77. The van der Waals surface area contributed by atoms with Gasteiger partial charge in [0.05, 0.1) is 31.0 Å². The predicted molar refractivity (Wildman–Crippen MR) is 91.8 cm³/mol. The van der Waals surface area contributed by atoms with Crippen molar-refractivity contribution in [2.24, 2.45) is 5.92 Å². The fraction of sp³-hybridized carbons (Fsp3) is 0.412. The predicted octanol–water partition coefficient (Wildman–Crippen LogP) is 2.97. The zero-order valence-corrected chi connectivity index (χ0v) is 14.3. The fourth-order valence-corrected chi connectivity index (χ4v) is 2.97. The number of amides is 1. The Balaban J connectivity index is 1.60. The molecule has 0 unspecified atom stereocenters. The van der Waals surface area contributed by atoms with Gasteiger partial charge in [-0.15, -0.1) is 11.3 Å². The molecule has 128 valence electrons. The zero-order valence-electron chi connectivity index (χ0n) is 13.5. The SMILES string of the molecule is CNC(=O)Cc1nc(CNc2ccc(F)cc2OCC2CC2)cs1. The van der Waals surface area contributed by atoms with Crippen molar-refractivity contribution in [2.45, 2.75) is 25.8 Å². The highest BCUT2D eigenvalue weighted by atomic mass is 32.1. The Labute approximate surface area is 144 Å². The third-order valence-electron chi connectivity index (χ3n) is 3.77. The summed E-state index contributed by atoms with van der Waals surface area (Å²) in [4.78, 5) is 15.8. The second-order valence-electron chi connectivity index (χ2n) is 5.83. The molecule has 5 nitrogen and oxygen atoms in total. The van der Waals surface area contributed by atoms with Crippen molar-refractivity contribution in [3.63, 3.8) is 0 Å². The number of nitrogens with one attached hydrogen (secondary N) is 2. The molecule has 1 heterocycles. The highest BCUT2D eigenvalue weighted by Crippen LogP contribution is 2.32. The number of likely N-dealkylation sites (N-methyl/N-ethyl adjacent to an activating group) is 1. The lowest BCUT2D eigenvalue weighted by atomic mass is 10.2. The van der Waals surface area contributed by atoms with Crippen LogP contribution in [0.3, 0.4) is 0 Å². The molecule has 2 aromatic rings. The Hall–Kier alpha value is -2.15. The average Bonchev–Trinajstić information content (AvgIpc) is 3.31. The Bertz CT molecular complexity index is 716. The molecule has 0 saturated heterocycles. The molecule has 1 fully saturated rings. The van der Waals surface area contributed by atoms with E-state index in [1.165, 1.54) is 36.3 Å². The van der Waals surface area contributed by atoms with E-state index in [9.17, 15) is 9.18 Å². The Kier molecular flexibility index (Phi) is 5.30. The summed E-state index contributed by atoms with van der Waals surface area (Å²) in [5, 5.41) is 8.50. The number of carbonyl (C=O) groups is 1. The van der Waals surface area contributed by atoms with E-state index in [2.05, 4.69) is 15.6 Å². The van der Waals surface area contributed by atoms with Crippen LogP contribution in [0.15, 0.2) is 23.6 Å². The molecule has 3 rings (SSSR count). The first-order valence-electron chi connectivity index (χ1n) is 7.94. The van der Waals surface area contributed by atoms with Gasteiger partial charge in [-0.25, -0.2) is 9.37 Å². The first-order chi connectivity index (χ1) is 11.6. The number of benzene rings is 1. The van der Waals surface area contributed by atoms with E-state index in [1.54, 1.807) is 13.1 Å². The number of anilines is 1. The number of halogens is 1. The number of rotatable bonds is 8. The van der Waals surface area contributed by atoms with Gasteiger partial charge in [-0.3, -0.25) is 4.79 Å². The standard InChI is InChI=1S/C17H20FN3O2S/c1-19-16(22)7-17-21-13(10-24-17)8-20-14-5-4-12(18)6-15(14)23-9-11-2-3-11/h4-6,10-11,20H,2-3,7-9H2,1H3,(H,19,22). The van der Waals surface area contributed by atoms with Crippen molar-refractivity contribution < 1.29 is 13.9 Å². The summed E-state index contributed by atoms with van der Waals surface area (Å²) >= 11 is 1.45. The van der Waals surface area contributed by atoms with E-state index in [4.69, 9.17) is 4.74 Å². The minimum absolute atomic E-state index is 0.0573. The monoisotopic (exact) mass is 349 g/mol. The number of nitrogens with zero attached hydrogens (tertiary/aromatic N) is 1. The molecule has 0 spiro atoms. The molecule has 2 N–H and O–H groups in total. The second kappa shape index (κ2) is 7.61. The summed E-state index contributed by atoms with van der Waals surface area (Å²) in [6.07, 6.45) is 2.66. The number of hydrogen-bond donors (Lipinski definition) is 2. The Morgan fingerprint density at radius 1 is 1.46 bits per heavy atom. The summed E-state index contributed by atoms with van der Waals surface area (Å²) in [6.45, 7) is 1.13. The van der Waals surface area contributed by atoms with Crippen molar-refractivity contribution in [1.82, 2.24) is 10.3 Å². The molecule has 1 aliphatic rings. The molecule has 0 aliphatic heterocycles. The molecule has 7 heteroatoms. The summed E-state index contributed by atoms with van der Waals surface area (Å²) in [5.74, 6) is 0.765. The Morgan fingerprint density at radius 2 is 2.29 bits per heavy atom. The third kappa shape index (κ3) is 4.67. The van der Waals surface area contributed by atoms with Crippen molar-refractivity contribution >= 4 is 22.9 Å². The van der Waals surface area contributed by atoms with Crippen LogP contribution in [0.1, 0.15) is 23.5 Å². The molecule has 1 aliphatic carbocycles. The number of aromatic nitrogens is 1. The van der Waals surface area contributed by atoms with Crippen LogP contribution in [-0.4, -0.2) is 24.5 Å². The maximum Gasteiger partial charge on any atom is 0.226 e. The lowest BCUT2D eigenvalue weighted by molar-refractivity contribution is -0.119. The first kappa shape index (κ1) is 16.7. The molecular weight excluding hydrogens is 329 g/mol. The lowest BCUT2D eigenvalue weighted by Gasteiger charge is -2.12. The summed E-state index contributed by atoms with van der Waals surface area (Å²) < 4.78 is 19.2. The van der Waals surface area contributed by atoms with Gasteiger partial charge in [0.25, 0.3) is 0 Å². The van der Waals surface area contributed by atoms with Crippen LogP contribution in [0.4, 0.5) is 10.1 Å². The zero-order chi connectivity index (χ0) is 16.9. The van der Waals surface area contributed by atoms with Crippen LogP contribution < -0.4 is 15.4 Å². The van der Waals surface area contributed by atoms with Crippen LogP contribution in [0, 0.1) is 11.7 Å². The molecule has 24 heavy (non-hydrogen) atoms. The number of hydrogen-bond acceptors (Lipinski definition) is 5. The minimum Gasteiger partial charge on any atom is -0.491 e. The van der Waals surface area contributed by atoms with Crippen LogP contribution in [0.5, 0.6) is 5.75 Å². The average molecular weight is 349 g/mol. The highest BCUT2D eigenvalue weighted by molar-refractivity contribution is 7.09. The first-order valence-corrected chi connectivity index (χ1v) is 8.82. The largest absolute Gasteiger partial charge is 0.491 e. The van der Waals surface area contributed by atoms with Crippen LogP contribution in [-0.2, 0) is 17.8 Å². The van der Waals surface area contributed by atoms with E-state index in [1.807, 2.05) is 5.38 Å². The summed E-state index contributed by atoms with van der Waals surface area (Å²) in [5.41, 5.74) is 1.59. The van der Waals surface area contributed by atoms with Gasteiger partial charge in [-0.1, -0.05) is 0 Å². The molecule has 0 radical (unpaired) electrons. The normalized spacial score (nSPS) is 13.6. The van der Waals surface area contributed by atoms with Crippen molar-refractivity contribution in [3.8, 4) is 5.75 Å². The quantitative estimate of drug-likeness (QED) is 0.769. The van der Waals surface area contributed by atoms with Gasteiger partial charge in [0.1, 0.15) is 16.6 Å². The Morgan fingerprint density at radius 3 is 3.04 bits per heavy atom. The smallest absolute Gasteiger partial charge is 0.226 e. The molecule has 1 aromatic carbocycles. The minimum atomic E-state index is -0.312. The van der Waals surface area contributed by atoms with Gasteiger partial charge in [0.2, 0.25) is 5.91 Å². The van der Waals surface area contributed by atoms with Crippen molar-refractivity contribution in [1.29, 1.82) is 0 Å². The van der Waals surface area contributed by atoms with E-state index >= 15 is 0 Å². The number of ether oxygens (including phenoxy) is 1. The van der Waals surface area contributed by atoms with E-state index < -0.39 is 0 Å². The van der Waals surface area contributed by atoms with Crippen molar-refractivity contribution in [3.05, 3.63) is 40.1 Å². The van der Waals surface area contributed by atoms with E-state index in [0.29, 0.717) is 24.8 Å². The maximum atomic E-state index is 13.5. The van der Waals surface area contributed by atoms with Gasteiger partial charge in [0, 0.05) is 18.5 Å². The molecule has 1 amide bonds. The van der Waals surface area contributed by atoms with Gasteiger partial charge >= 0.3 is 0 Å². The van der Waals surface area contributed by atoms with Gasteiger partial charge in [-0.2, -0.15) is 0 Å². The van der Waals surface area contributed by atoms with Crippen molar-refractivity contribution in [2.75, 3.05) is 19.0 Å². The number of carbonyl (C=O) groups excluding carboxylic acids is 1. The van der Waals surface area contributed by atoms with Crippen LogP contribution in [0.25, 0.3) is 0 Å². The lowest BCUT2D eigenvalue weighted by Crippen LogP contribution is -2.19. The summed E-state index contributed by atoms with van der Waals surface area (Å²) in [6, 6.07) is 4.49. The topological polar surface area (TPSA) is 63.2 Å². The van der Waals surface area contributed by atoms with E-state index in [0.717, 1.165) is 16.4 Å². The maximum absolute atomic E-state index is 13.5.